The van der Waals surface area contributed by atoms with Gasteiger partial charge in [0.1, 0.15) is 5.75 Å². The Balaban J connectivity index is 2.26. The number of rotatable bonds is 8. The number of esters is 1. The van der Waals surface area contributed by atoms with Gasteiger partial charge in [-0.2, -0.15) is 0 Å². The number of hydrogen-bond donors (Lipinski definition) is 1. The average molecular weight is 293 g/mol. The number of amides is 1. The highest BCUT2D eigenvalue weighted by Gasteiger charge is 2.05. The molecule has 0 atom stereocenters. The highest BCUT2D eigenvalue weighted by molar-refractivity contribution is 5.77. The summed E-state index contributed by atoms with van der Waals surface area (Å²) in [6.07, 6.45) is 0.856. The second-order valence-electron chi connectivity index (χ2n) is 5.05. The van der Waals surface area contributed by atoms with Gasteiger partial charge in [-0.05, 0) is 30.0 Å². The molecule has 1 aromatic carbocycles. The van der Waals surface area contributed by atoms with E-state index in [1.165, 1.54) is 12.7 Å². The largest absolute Gasteiger partial charge is 0.484 e. The molecular weight excluding hydrogens is 270 g/mol. The lowest BCUT2D eigenvalue weighted by molar-refractivity contribution is -0.140. The van der Waals surface area contributed by atoms with Crippen LogP contribution in [0, 0.1) is 0 Å². The van der Waals surface area contributed by atoms with Crippen molar-refractivity contribution in [1.82, 2.24) is 5.32 Å². The topological polar surface area (TPSA) is 64.6 Å². The highest BCUT2D eigenvalue weighted by atomic mass is 16.5. The summed E-state index contributed by atoms with van der Waals surface area (Å²) < 4.78 is 9.97. The highest BCUT2D eigenvalue weighted by Crippen LogP contribution is 2.19. The Morgan fingerprint density at radius 1 is 1.29 bits per heavy atom. The summed E-state index contributed by atoms with van der Waals surface area (Å²) in [5.74, 6) is 0.632. The van der Waals surface area contributed by atoms with Gasteiger partial charge in [0.2, 0.25) is 0 Å². The lowest BCUT2D eigenvalue weighted by atomic mass is 10.0. The maximum absolute atomic E-state index is 11.6. The van der Waals surface area contributed by atoms with Crippen LogP contribution in [-0.4, -0.2) is 32.1 Å². The minimum Gasteiger partial charge on any atom is -0.484 e. The van der Waals surface area contributed by atoms with Gasteiger partial charge in [-0.15, -0.1) is 0 Å². The molecule has 0 saturated carbocycles. The molecule has 0 bridgehead atoms. The molecule has 0 aliphatic carbocycles. The number of nitrogens with one attached hydrogen (secondary N) is 1. The summed E-state index contributed by atoms with van der Waals surface area (Å²) in [4.78, 5) is 22.5. The number of ether oxygens (including phenoxy) is 2. The molecule has 0 saturated heterocycles. The van der Waals surface area contributed by atoms with Crippen molar-refractivity contribution in [2.75, 3.05) is 20.3 Å². The molecule has 1 rings (SSSR count). The van der Waals surface area contributed by atoms with Crippen molar-refractivity contribution in [2.24, 2.45) is 0 Å². The molecule has 0 radical (unpaired) electrons. The van der Waals surface area contributed by atoms with Gasteiger partial charge in [-0.1, -0.05) is 26.0 Å². The van der Waals surface area contributed by atoms with Gasteiger partial charge in [0.15, 0.2) is 6.61 Å². The van der Waals surface area contributed by atoms with Crippen LogP contribution in [0.3, 0.4) is 0 Å². The summed E-state index contributed by atoms with van der Waals surface area (Å²) in [5, 5.41) is 2.70. The molecule has 1 amide bonds. The van der Waals surface area contributed by atoms with Crippen LogP contribution in [0.1, 0.15) is 38.2 Å². The van der Waals surface area contributed by atoms with E-state index in [-0.39, 0.29) is 18.5 Å². The quantitative estimate of drug-likeness (QED) is 0.590. The molecule has 21 heavy (non-hydrogen) atoms. The Bertz CT molecular complexity index is 471. The first-order valence-corrected chi connectivity index (χ1v) is 7.09. The fourth-order valence-electron chi connectivity index (χ4n) is 1.73. The van der Waals surface area contributed by atoms with Crippen LogP contribution in [0.4, 0.5) is 0 Å². The van der Waals surface area contributed by atoms with Crippen LogP contribution in [0.5, 0.6) is 5.75 Å². The summed E-state index contributed by atoms with van der Waals surface area (Å²) in [5.41, 5.74) is 1.17. The molecule has 5 nitrogen and oxygen atoms in total. The van der Waals surface area contributed by atoms with Gasteiger partial charge in [0.25, 0.3) is 5.91 Å². The Labute approximate surface area is 125 Å². The van der Waals surface area contributed by atoms with Crippen molar-refractivity contribution in [3.63, 3.8) is 0 Å². The predicted octanol–water partition coefficient (Wildman–Crippen LogP) is 2.26. The molecule has 0 heterocycles. The number of benzene rings is 1. The molecule has 0 aromatic heterocycles. The van der Waals surface area contributed by atoms with E-state index in [1.807, 2.05) is 24.3 Å². The van der Waals surface area contributed by atoms with Crippen molar-refractivity contribution in [1.29, 1.82) is 0 Å². The Hall–Kier alpha value is -2.04. The van der Waals surface area contributed by atoms with Crippen molar-refractivity contribution in [2.45, 2.75) is 32.6 Å². The zero-order valence-corrected chi connectivity index (χ0v) is 12.8. The smallest absolute Gasteiger partial charge is 0.305 e. The summed E-state index contributed by atoms with van der Waals surface area (Å²) >= 11 is 0. The number of carbonyl (C=O) groups excluding carboxylic acids is 2. The van der Waals surface area contributed by atoms with E-state index in [4.69, 9.17) is 4.74 Å². The monoisotopic (exact) mass is 293 g/mol. The van der Waals surface area contributed by atoms with Crippen molar-refractivity contribution < 1.29 is 19.1 Å². The molecule has 5 heteroatoms. The van der Waals surface area contributed by atoms with E-state index in [0.29, 0.717) is 31.1 Å². The Kier molecular flexibility index (Phi) is 7.29. The summed E-state index contributed by atoms with van der Waals surface area (Å²) in [6.45, 7) is 4.61. The predicted molar refractivity (Wildman–Crippen MR) is 80.3 cm³/mol. The third-order valence-electron chi connectivity index (χ3n) is 3.00. The third kappa shape index (κ3) is 6.79. The second-order valence-corrected chi connectivity index (χ2v) is 5.05. The zero-order valence-electron chi connectivity index (χ0n) is 12.8. The van der Waals surface area contributed by atoms with Crippen LogP contribution in [0.25, 0.3) is 0 Å². The van der Waals surface area contributed by atoms with E-state index < -0.39 is 0 Å². The number of methoxy groups -OCH3 is 1. The van der Waals surface area contributed by atoms with E-state index in [1.54, 1.807) is 0 Å². The lowest BCUT2D eigenvalue weighted by Crippen LogP contribution is -2.30. The molecular formula is C16H23NO4. The van der Waals surface area contributed by atoms with Gasteiger partial charge < -0.3 is 14.8 Å². The first kappa shape index (κ1) is 17.0. The third-order valence-corrected chi connectivity index (χ3v) is 3.00. The van der Waals surface area contributed by atoms with Gasteiger partial charge in [0, 0.05) is 13.0 Å². The first-order chi connectivity index (χ1) is 10.0. The average Bonchev–Trinajstić information content (AvgIpc) is 2.49. The maximum atomic E-state index is 11.6. The fraction of sp³-hybridized carbons (Fsp3) is 0.500. The van der Waals surface area contributed by atoms with Crippen molar-refractivity contribution in [3.05, 3.63) is 29.8 Å². The van der Waals surface area contributed by atoms with Crippen LogP contribution in [0.2, 0.25) is 0 Å². The first-order valence-electron chi connectivity index (χ1n) is 7.09. The molecule has 1 N–H and O–H groups in total. The maximum Gasteiger partial charge on any atom is 0.305 e. The van der Waals surface area contributed by atoms with E-state index in [9.17, 15) is 9.59 Å². The lowest BCUT2D eigenvalue weighted by Gasteiger charge is -2.10. The van der Waals surface area contributed by atoms with Gasteiger partial charge >= 0.3 is 5.97 Å². The van der Waals surface area contributed by atoms with Crippen LogP contribution >= 0.6 is 0 Å². The summed E-state index contributed by atoms with van der Waals surface area (Å²) in [7, 11) is 1.35. The van der Waals surface area contributed by atoms with Crippen LogP contribution < -0.4 is 10.1 Å². The van der Waals surface area contributed by atoms with Gasteiger partial charge in [-0.25, -0.2) is 0 Å². The van der Waals surface area contributed by atoms with E-state index in [2.05, 4.69) is 23.9 Å². The van der Waals surface area contributed by atoms with E-state index >= 15 is 0 Å². The number of carbonyl (C=O) groups is 2. The SMILES string of the molecule is COC(=O)CCCNC(=O)COc1cccc(C(C)C)c1. The van der Waals surface area contributed by atoms with Crippen molar-refractivity contribution in [3.8, 4) is 5.75 Å². The minimum atomic E-state index is -0.272. The molecule has 0 aliphatic rings. The van der Waals surface area contributed by atoms with E-state index in [0.717, 1.165) is 0 Å². The molecule has 0 unspecified atom stereocenters. The van der Waals surface area contributed by atoms with Gasteiger partial charge in [0.05, 0.1) is 7.11 Å². The summed E-state index contributed by atoms with van der Waals surface area (Å²) in [6, 6.07) is 7.72. The zero-order chi connectivity index (χ0) is 15.7. The van der Waals surface area contributed by atoms with Crippen molar-refractivity contribution >= 4 is 11.9 Å². The Morgan fingerprint density at radius 2 is 2.05 bits per heavy atom. The molecule has 0 fully saturated rings. The van der Waals surface area contributed by atoms with Gasteiger partial charge in [-0.3, -0.25) is 9.59 Å². The standard InChI is InChI=1S/C16H23NO4/c1-12(2)13-6-4-7-14(10-13)21-11-15(18)17-9-5-8-16(19)20-3/h4,6-7,10,12H,5,8-9,11H2,1-3H3,(H,17,18). The Morgan fingerprint density at radius 3 is 2.71 bits per heavy atom. The molecule has 0 spiro atoms. The molecule has 1 aromatic rings. The molecule has 0 aliphatic heterocycles. The normalized spacial score (nSPS) is 10.3. The fourth-order valence-corrected chi connectivity index (χ4v) is 1.73. The minimum absolute atomic E-state index is 0.0280. The van der Waals surface area contributed by atoms with Crippen LogP contribution in [-0.2, 0) is 14.3 Å². The second kappa shape index (κ2) is 9.00. The van der Waals surface area contributed by atoms with Crippen LogP contribution in [0.15, 0.2) is 24.3 Å². The molecule has 116 valence electrons. The number of hydrogen-bond acceptors (Lipinski definition) is 4.